The molecule has 0 saturated heterocycles. The Morgan fingerprint density at radius 3 is 1.26 bits per heavy atom. The molecule has 0 N–H and O–H groups in total. The van der Waals surface area contributed by atoms with Crippen LogP contribution in [0.25, 0.3) is 0 Å². The van der Waals surface area contributed by atoms with Crippen molar-refractivity contribution < 1.29 is 0 Å². The van der Waals surface area contributed by atoms with Gasteiger partial charge in [-0.1, -0.05) is 0 Å². The van der Waals surface area contributed by atoms with Crippen molar-refractivity contribution in [3.8, 4) is 0 Å². The molecular formula is C24H38Li2Si. The van der Waals surface area contributed by atoms with Gasteiger partial charge in [-0.05, 0) is 0 Å². The van der Waals surface area contributed by atoms with E-state index in [4.69, 9.17) is 0 Å². The van der Waals surface area contributed by atoms with E-state index in [1.807, 2.05) is 0 Å². The normalized spacial score (nSPS) is 24.8. The summed E-state index contributed by atoms with van der Waals surface area (Å²) in [5.41, 5.74) is 3.73. The second-order valence-electron chi connectivity index (χ2n) is 11.1. The van der Waals surface area contributed by atoms with Crippen LogP contribution in [0.1, 0.15) is 69.2 Å². The molecule has 0 spiro atoms. The summed E-state index contributed by atoms with van der Waals surface area (Å²) >= 11 is 4.86. The molecular weight excluding hydrogens is 330 g/mol. The average Bonchev–Trinajstić information content (AvgIpc) is 3.02. The van der Waals surface area contributed by atoms with Gasteiger partial charge in [0.2, 0.25) is 0 Å². The van der Waals surface area contributed by atoms with E-state index in [9.17, 15) is 0 Å². The van der Waals surface area contributed by atoms with Crippen molar-refractivity contribution in [2.75, 3.05) is 0 Å². The maximum absolute atomic E-state index is 2.59. The van der Waals surface area contributed by atoms with Crippen LogP contribution in [0.4, 0.5) is 0 Å². The standard InChI is InChI=1S/C24H38Si.2Li/c1-11-25(12-2,21-15-17(3)13-19(21)23(5,6)7)22-16-18(4)14-20(22)24(8,9)10;;/h13-14,17-18H,11-12H2,1-10H3;;. The molecule has 0 aromatic heterocycles. The van der Waals surface area contributed by atoms with Crippen molar-refractivity contribution in [3.63, 3.8) is 0 Å². The Morgan fingerprint density at radius 1 is 0.741 bits per heavy atom. The van der Waals surface area contributed by atoms with Crippen LogP contribution >= 0.6 is 0 Å². The van der Waals surface area contributed by atoms with Gasteiger partial charge >= 0.3 is 190 Å². The second kappa shape index (κ2) is 7.89. The zero-order chi connectivity index (χ0) is 20.9. The predicted octanol–water partition coefficient (Wildman–Crippen LogP) is 6.64. The average molecular weight is 369 g/mol. The van der Waals surface area contributed by atoms with Crippen molar-refractivity contribution in [2.45, 2.75) is 81.3 Å². The van der Waals surface area contributed by atoms with Crippen molar-refractivity contribution in [2.24, 2.45) is 22.7 Å². The fourth-order valence-electron chi connectivity index (χ4n) is 5.40. The number of hydrogen-bond donors (Lipinski definition) is 0. The molecule has 2 aliphatic carbocycles. The van der Waals surface area contributed by atoms with Gasteiger partial charge in [0.25, 0.3) is 0 Å². The van der Waals surface area contributed by atoms with Gasteiger partial charge in [0.05, 0.1) is 0 Å². The van der Waals surface area contributed by atoms with E-state index in [2.05, 4.69) is 117 Å². The van der Waals surface area contributed by atoms with Crippen LogP contribution in [0.2, 0.25) is 12.1 Å². The van der Waals surface area contributed by atoms with E-state index in [0.717, 1.165) is 0 Å². The van der Waals surface area contributed by atoms with Gasteiger partial charge in [-0.2, -0.15) is 0 Å². The quantitative estimate of drug-likeness (QED) is 0.488. The molecule has 0 saturated carbocycles. The minimum absolute atomic E-state index is 0.217. The Kier molecular flexibility index (Phi) is 6.91. The maximum atomic E-state index is 2.59. The molecule has 140 valence electrons. The molecule has 2 rings (SSSR count). The summed E-state index contributed by atoms with van der Waals surface area (Å²) in [6, 6.07) is 2.62. The van der Waals surface area contributed by atoms with Crippen molar-refractivity contribution in [1.82, 2.24) is 0 Å². The molecule has 2 atom stereocenters. The van der Waals surface area contributed by atoms with E-state index in [0.29, 0.717) is 11.8 Å². The van der Waals surface area contributed by atoms with Crippen LogP contribution in [0.5, 0.6) is 0 Å². The molecule has 0 fully saturated rings. The zero-order valence-corrected chi connectivity index (χ0v) is 21.2. The van der Waals surface area contributed by atoms with Crippen molar-refractivity contribution in [3.05, 3.63) is 42.2 Å². The van der Waals surface area contributed by atoms with Gasteiger partial charge in [0, 0.05) is 0 Å². The third kappa shape index (κ3) is 4.03. The minimum atomic E-state index is -1.81. The van der Waals surface area contributed by atoms with Gasteiger partial charge in [-0.25, -0.2) is 0 Å². The Hall–Kier alpha value is 0.372. The molecule has 0 aromatic rings. The molecule has 0 amide bonds. The molecule has 0 bridgehead atoms. The zero-order valence-electron chi connectivity index (χ0n) is 20.2. The van der Waals surface area contributed by atoms with Crippen LogP contribution in [-0.2, 0) is 0 Å². The number of hydrogen-bond acceptors (Lipinski definition) is 0. The monoisotopic (exact) mass is 368 g/mol. The molecule has 0 heterocycles. The summed E-state index contributed by atoms with van der Waals surface area (Å²) in [6.07, 6.45) is 5.18. The second-order valence-corrected chi connectivity index (χ2v) is 15.7. The van der Waals surface area contributed by atoms with Crippen LogP contribution in [0.3, 0.4) is 0 Å². The SMILES string of the molecule is [Li][C]1=C([Si](CC)(CC)C2=[C]([Li])C(C)C=C2C(C)(C)C)C(C(C)(C)C)=CC1C. The van der Waals surface area contributed by atoms with Crippen molar-refractivity contribution >= 4 is 43.5 Å². The number of allylic oxidation sites excluding steroid dienone is 8. The van der Waals surface area contributed by atoms with Gasteiger partial charge in [-0.15, -0.1) is 0 Å². The first kappa shape index (κ1) is 23.6. The predicted molar refractivity (Wildman–Crippen MR) is 126 cm³/mol. The van der Waals surface area contributed by atoms with Gasteiger partial charge in [0.15, 0.2) is 0 Å². The van der Waals surface area contributed by atoms with Crippen molar-refractivity contribution in [1.29, 1.82) is 0 Å². The Morgan fingerprint density at radius 2 is 1.04 bits per heavy atom. The first-order valence-electron chi connectivity index (χ1n) is 11.1. The third-order valence-electron chi connectivity index (χ3n) is 7.31. The molecule has 2 unspecified atom stereocenters. The molecule has 0 nitrogen and oxygen atoms in total. The molecule has 0 aliphatic heterocycles. The van der Waals surface area contributed by atoms with E-state index >= 15 is 0 Å². The Bertz CT molecular complexity index is 671. The fourth-order valence-corrected chi connectivity index (χ4v) is 11.5. The van der Waals surface area contributed by atoms with Crippen LogP contribution < -0.4 is 0 Å². The first-order valence-corrected chi connectivity index (χ1v) is 13.5. The summed E-state index contributed by atoms with van der Waals surface area (Å²) in [6.45, 7) is 24.2. The topological polar surface area (TPSA) is 0 Å². The van der Waals surface area contributed by atoms with E-state index < -0.39 is 8.07 Å². The summed E-state index contributed by atoms with van der Waals surface area (Å²) in [5, 5.41) is 3.59. The molecule has 2 aliphatic rings. The van der Waals surface area contributed by atoms with E-state index in [1.54, 1.807) is 30.0 Å². The summed E-state index contributed by atoms with van der Waals surface area (Å²) in [7, 11) is -1.81. The first-order chi connectivity index (χ1) is 12.2. The number of rotatable bonds is 4. The van der Waals surface area contributed by atoms with Gasteiger partial charge < -0.3 is 0 Å². The Labute approximate surface area is 188 Å². The van der Waals surface area contributed by atoms with E-state index in [-0.39, 0.29) is 10.8 Å². The molecule has 0 radical (unpaired) electrons. The van der Waals surface area contributed by atoms with Crippen LogP contribution in [-0.4, -0.2) is 43.5 Å². The third-order valence-corrected chi connectivity index (χ3v) is 13.0. The van der Waals surface area contributed by atoms with E-state index in [1.165, 1.54) is 12.1 Å². The van der Waals surface area contributed by atoms with Crippen LogP contribution in [0, 0.1) is 22.7 Å². The van der Waals surface area contributed by atoms with Crippen LogP contribution in [0.15, 0.2) is 42.2 Å². The Balaban J connectivity index is 2.84. The molecule has 3 heteroatoms. The summed E-state index contributed by atoms with van der Waals surface area (Å²) in [4.78, 5) is 0. The summed E-state index contributed by atoms with van der Waals surface area (Å²) in [5.74, 6) is 1.17. The van der Waals surface area contributed by atoms with Gasteiger partial charge in [-0.3, -0.25) is 0 Å². The summed E-state index contributed by atoms with van der Waals surface area (Å²) < 4.78 is 3.31. The van der Waals surface area contributed by atoms with Gasteiger partial charge in [0.1, 0.15) is 0 Å². The molecule has 27 heavy (non-hydrogen) atoms. The fraction of sp³-hybridized carbons (Fsp3) is 0.667. The molecule has 0 aromatic carbocycles.